The average Bonchev–Trinajstić information content (AvgIpc) is 2.88. The molecule has 0 radical (unpaired) electrons. The zero-order valence-electron chi connectivity index (χ0n) is 24.2. The maximum Gasteiger partial charge on any atom is 0.490 e. The minimum Gasteiger partial charge on any atom is -0.475 e. The van der Waals surface area contributed by atoms with Crippen LogP contribution in [0.25, 0.3) is 0 Å². The van der Waals surface area contributed by atoms with Gasteiger partial charge in [0, 0.05) is 43.8 Å². The van der Waals surface area contributed by atoms with E-state index in [1.165, 1.54) is 9.80 Å². The molecule has 0 aliphatic carbocycles. The Labute approximate surface area is 246 Å². The van der Waals surface area contributed by atoms with E-state index in [0.29, 0.717) is 34.6 Å². The van der Waals surface area contributed by atoms with Crippen LogP contribution in [0.15, 0.2) is 47.5 Å². The van der Waals surface area contributed by atoms with Crippen molar-refractivity contribution in [2.24, 2.45) is 0 Å². The maximum absolute atomic E-state index is 13.3. The normalized spacial score (nSPS) is 11.8. The lowest BCUT2D eigenvalue weighted by Gasteiger charge is -2.37. The molecule has 1 aromatic heterocycles. The number of aliphatic carboxylic acids is 1. The van der Waals surface area contributed by atoms with Gasteiger partial charge in [-0.3, -0.25) is 9.59 Å². The van der Waals surface area contributed by atoms with Gasteiger partial charge >= 0.3 is 12.1 Å². The number of nitrogens with zero attached hydrogens (tertiary/aromatic N) is 4. The lowest BCUT2D eigenvalue weighted by molar-refractivity contribution is -0.192. The van der Waals surface area contributed by atoms with E-state index >= 15 is 0 Å². The minimum absolute atomic E-state index is 0.228. The number of hydrogen-bond acceptors (Lipinski definition) is 7. The number of nitrogens with one attached hydrogen (secondary N) is 1. The van der Waals surface area contributed by atoms with Crippen LogP contribution in [0.1, 0.15) is 32.8 Å². The number of carboxylic acid groups (broad SMARTS) is 1. The number of halogens is 5. The van der Waals surface area contributed by atoms with Crippen molar-refractivity contribution in [1.82, 2.24) is 14.8 Å². The number of amides is 2. The minimum atomic E-state index is -5.08. The Balaban J connectivity index is 0.00000112. The molecule has 0 saturated heterocycles. The van der Waals surface area contributed by atoms with Crippen molar-refractivity contribution >= 4 is 41.6 Å². The number of benzene rings is 1. The molecule has 15 heteroatoms. The third-order valence-corrected chi connectivity index (χ3v) is 6.57. The van der Waals surface area contributed by atoms with Crippen LogP contribution in [0.4, 0.5) is 33.5 Å². The Morgan fingerprint density at radius 1 is 1.02 bits per heavy atom. The van der Waals surface area contributed by atoms with Crippen LogP contribution in [-0.4, -0.2) is 89.4 Å². The summed E-state index contributed by atoms with van der Waals surface area (Å²) in [6.07, 6.45) is -1.78. The first-order valence-electron chi connectivity index (χ1n) is 12.6. The first kappa shape index (κ1) is 36.6. The van der Waals surface area contributed by atoms with Gasteiger partial charge in [0.15, 0.2) is 0 Å². The molecule has 1 aromatic carbocycles. The number of carbonyl (C=O) groups is 3. The summed E-state index contributed by atoms with van der Waals surface area (Å²) in [4.78, 5) is 44.0. The average molecular weight is 622 g/mol. The molecule has 2 rings (SSSR count). The van der Waals surface area contributed by atoms with Crippen LogP contribution in [0.2, 0.25) is 0 Å². The Kier molecular flexibility index (Phi) is 13.7. The highest BCUT2D eigenvalue weighted by Crippen LogP contribution is 2.36. The second kappa shape index (κ2) is 15.7. The highest BCUT2D eigenvalue weighted by atomic mass is 32.2. The third kappa shape index (κ3) is 12.6. The van der Waals surface area contributed by atoms with E-state index in [2.05, 4.69) is 15.2 Å². The molecule has 0 atom stereocenters. The second-order valence-corrected chi connectivity index (χ2v) is 11.4. The zero-order chi connectivity index (χ0) is 32.3. The largest absolute Gasteiger partial charge is 0.490 e. The van der Waals surface area contributed by atoms with E-state index in [0.717, 1.165) is 32.0 Å². The van der Waals surface area contributed by atoms with Gasteiger partial charge in [0.05, 0.1) is 0 Å². The van der Waals surface area contributed by atoms with E-state index in [1.807, 2.05) is 26.2 Å². The van der Waals surface area contributed by atoms with Crippen molar-refractivity contribution < 1.29 is 41.4 Å². The molecule has 0 unspecified atom stereocenters. The third-order valence-electron chi connectivity index (χ3n) is 5.70. The first-order valence-corrected chi connectivity index (χ1v) is 13.4. The van der Waals surface area contributed by atoms with E-state index < -0.39 is 22.9 Å². The number of likely N-dealkylation sites (N-methyl/N-ethyl adjacent to an activating group) is 1. The summed E-state index contributed by atoms with van der Waals surface area (Å²) in [6, 6.07) is 10.0. The number of carbonyl (C=O) groups excluding carboxylic acids is 2. The smallest absolute Gasteiger partial charge is 0.475 e. The fraction of sp³-hybridized carbons (Fsp3) is 0.481. The standard InChI is InChI=1S/C25H35F2N5O2S.C2HF3O2/c1-24(2,23(34)31(6)20-8-10-21(11-9-20)35-25(3,26)27)32(18-33)17-19-12-14-29-22(16-19)28-13-7-15-30(4)5;3-2(4,5)1(6)7/h8-12,14,16,18H,7,13,15,17H2,1-6H3,(H,28,29);(H,6,7). The molecule has 0 saturated carbocycles. The summed E-state index contributed by atoms with van der Waals surface area (Å²) in [5.41, 5.74) is 0.238. The van der Waals surface area contributed by atoms with Gasteiger partial charge in [-0.15, -0.1) is 0 Å². The molecular formula is C27H36F5N5O4S. The highest BCUT2D eigenvalue weighted by Gasteiger charge is 2.38. The molecule has 9 nitrogen and oxygen atoms in total. The van der Waals surface area contributed by atoms with Crippen LogP contribution in [-0.2, 0) is 20.9 Å². The van der Waals surface area contributed by atoms with Crippen molar-refractivity contribution in [3.8, 4) is 0 Å². The van der Waals surface area contributed by atoms with Crippen molar-refractivity contribution in [3.05, 3.63) is 48.2 Å². The van der Waals surface area contributed by atoms with Gasteiger partial charge in [-0.2, -0.15) is 22.0 Å². The SMILES string of the molecule is CN(C)CCCNc1cc(CN(C=O)C(C)(C)C(=O)N(C)c2ccc(SC(C)(F)F)cc2)ccn1.O=C(O)C(F)(F)F. The predicted octanol–water partition coefficient (Wildman–Crippen LogP) is 5.18. The number of thioether (sulfide) groups is 1. The Morgan fingerprint density at radius 2 is 1.60 bits per heavy atom. The van der Waals surface area contributed by atoms with Gasteiger partial charge in [-0.05, 0) is 82.9 Å². The van der Waals surface area contributed by atoms with Gasteiger partial charge < -0.3 is 25.1 Å². The number of hydrogen-bond donors (Lipinski definition) is 2. The number of carboxylic acids is 1. The second-order valence-electron chi connectivity index (χ2n) is 10.00. The Morgan fingerprint density at radius 3 is 2.07 bits per heavy atom. The van der Waals surface area contributed by atoms with Gasteiger partial charge in [0.1, 0.15) is 11.4 Å². The lowest BCUT2D eigenvalue weighted by atomic mass is 10.00. The number of anilines is 2. The fourth-order valence-electron chi connectivity index (χ4n) is 3.44. The molecule has 0 spiro atoms. The number of pyridine rings is 1. The highest BCUT2D eigenvalue weighted by molar-refractivity contribution is 8.00. The van der Waals surface area contributed by atoms with Gasteiger partial charge in [0.2, 0.25) is 6.41 Å². The van der Waals surface area contributed by atoms with Crippen LogP contribution in [0, 0.1) is 0 Å². The first-order chi connectivity index (χ1) is 19.3. The lowest BCUT2D eigenvalue weighted by Crippen LogP contribution is -2.54. The molecule has 234 valence electrons. The van der Waals surface area contributed by atoms with Gasteiger partial charge in [-0.25, -0.2) is 9.78 Å². The Hall–Kier alpha value is -3.46. The Bertz CT molecular complexity index is 1170. The van der Waals surface area contributed by atoms with Crippen molar-refractivity contribution in [3.63, 3.8) is 0 Å². The topological polar surface area (TPSA) is 106 Å². The monoisotopic (exact) mass is 621 g/mol. The number of rotatable bonds is 13. The summed E-state index contributed by atoms with van der Waals surface area (Å²) >= 11 is 0.449. The van der Waals surface area contributed by atoms with E-state index in [1.54, 1.807) is 51.4 Å². The fourth-order valence-corrected chi connectivity index (χ4v) is 4.13. The quantitative estimate of drug-likeness (QED) is 0.136. The number of alkyl halides is 5. The predicted molar refractivity (Wildman–Crippen MR) is 152 cm³/mol. The van der Waals surface area contributed by atoms with Crippen LogP contribution in [0.3, 0.4) is 0 Å². The van der Waals surface area contributed by atoms with E-state index in [-0.39, 0.29) is 12.5 Å². The molecule has 0 aliphatic heterocycles. The van der Waals surface area contributed by atoms with E-state index in [9.17, 15) is 31.5 Å². The van der Waals surface area contributed by atoms with Crippen molar-refractivity contribution in [2.75, 3.05) is 44.4 Å². The van der Waals surface area contributed by atoms with Crippen LogP contribution < -0.4 is 10.2 Å². The zero-order valence-corrected chi connectivity index (χ0v) is 25.0. The molecule has 0 fully saturated rings. The van der Waals surface area contributed by atoms with E-state index in [4.69, 9.17) is 9.90 Å². The summed E-state index contributed by atoms with van der Waals surface area (Å²) in [6.45, 7) is 6.17. The molecule has 2 amide bonds. The van der Waals surface area contributed by atoms with Crippen LogP contribution in [0.5, 0.6) is 0 Å². The molecule has 2 N–H and O–H groups in total. The van der Waals surface area contributed by atoms with Crippen molar-refractivity contribution in [1.29, 1.82) is 0 Å². The maximum atomic E-state index is 13.3. The van der Waals surface area contributed by atoms with Crippen molar-refractivity contribution in [2.45, 2.75) is 55.6 Å². The van der Waals surface area contributed by atoms with Crippen LogP contribution >= 0.6 is 11.8 Å². The summed E-state index contributed by atoms with van der Waals surface area (Å²) < 4.78 is 58.2. The molecular weight excluding hydrogens is 585 g/mol. The summed E-state index contributed by atoms with van der Waals surface area (Å²) in [5.74, 6) is -2.35. The summed E-state index contributed by atoms with van der Waals surface area (Å²) in [5, 5.41) is 7.52. The number of aromatic nitrogens is 1. The molecule has 0 bridgehead atoms. The molecule has 42 heavy (non-hydrogen) atoms. The molecule has 1 heterocycles. The molecule has 0 aliphatic rings. The molecule has 2 aromatic rings. The summed E-state index contributed by atoms with van der Waals surface area (Å²) in [7, 11) is 5.65. The van der Waals surface area contributed by atoms with Gasteiger partial charge in [0.25, 0.3) is 11.2 Å². The van der Waals surface area contributed by atoms with Gasteiger partial charge in [-0.1, -0.05) is 11.8 Å².